The Labute approximate surface area is 106 Å². The fourth-order valence-corrected chi connectivity index (χ4v) is 3.66. The summed E-state index contributed by atoms with van der Waals surface area (Å²) in [6, 6.07) is 0. The van der Waals surface area contributed by atoms with Crippen LogP contribution < -0.4 is 5.32 Å². The Hall–Kier alpha value is -0.370. The van der Waals surface area contributed by atoms with Crippen LogP contribution in [0.3, 0.4) is 0 Å². The number of rotatable bonds is 3. The quantitative estimate of drug-likeness (QED) is 0.817. The predicted molar refractivity (Wildman–Crippen MR) is 71.0 cm³/mol. The van der Waals surface area contributed by atoms with Gasteiger partial charge in [0.25, 0.3) is 0 Å². The first-order chi connectivity index (χ1) is 8.15. The summed E-state index contributed by atoms with van der Waals surface area (Å²) in [4.78, 5) is 12.7. The maximum absolute atomic E-state index is 12.7. The van der Waals surface area contributed by atoms with Crippen molar-refractivity contribution in [2.75, 3.05) is 13.1 Å². The van der Waals surface area contributed by atoms with E-state index in [1.54, 1.807) is 0 Å². The summed E-state index contributed by atoms with van der Waals surface area (Å²) in [6.07, 6.45) is 8.40. The summed E-state index contributed by atoms with van der Waals surface area (Å²) in [5.41, 5.74) is -0.0709. The molecule has 1 N–H and O–H groups in total. The zero-order valence-corrected chi connectivity index (χ0v) is 11.4. The Morgan fingerprint density at radius 2 is 2.18 bits per heavy atom. The average Bonchev–Trinajstić information content (AvgIpc) is 2.39. The second-order valence-corrected chi connectivity index (χ2v) is 6.34. The predicted octanol–water partition coefficient (Wildman–Crippen LogP) is 3.16. The van der Waals surface area contributed by atoms with E-state index in [9.17, 15) is 4.79 Å². The van der Waals surface area contributed by atoms with Crippen molar-refractivity contribution < 1.29 is 4.79 Å². The van der Waals surface area contributed by atoms with Crippen molar-refractivity contribution in [2.45, 2.75) is 58.8 Å². The van der Waals surface area contributed by atoms with Gasteiger partial charge in [0.2, 0.25) is 0 Å². The van der Waals surface area contributed by atoms with Gasteiger partial charge in [0.1, 0.15) is 5.78 Å². The SMILES string of the molecule is CCC1CCCC(C(=O)C2(C)CCCNC2)C1. The number of ketones is 1. The lowest BCUT2D eigenvalue weighted by Crippen LogP contribution is -2.46. The van der Waals surface area contributed by atoms with Crippen LogP contribution in [0.1, 0.15) is 58.8 Å². The van der Waals surface area contributed by atoms with Gasteiger partial charge in [-0.1, -0.05) is 33.1 Å². The number of piperidine rings is 1. The highest BCUT2D eigenvalue weighted by molar-refractivity contribution is 5.87. The lowest BCUT2D eigenvalue weighted by Gasteiger charge is -2.38. The van der Waals surface area contributed by atoms with Gasteiger partial charge < -0.3 is 5.32 Å². The van der Waals surface area contributed by atoms with Crippen LogP contribution in [0.5, 0.6) is 0 Å². The molecule has 1 aliphatic carbocycles. The smallest absolute Gasteiger partial charge is 0.143 e. The molecule has 0 aromatic rings. The van der Waals surface area contributed by atoms with Crippen LogP contribution in [0.2, 0.25) is 0 Å². The third-order valence-electron chi connectivity index (χ3n) is 4.92. The molecule has 0 aromatic heterocycles. The van der Waals surface area contributed by atoms with Crippen molar-refractivity contribution in [3.05, 3.63) is 0 Å². The lowest BCUT2D eigenvalue weighted by atomic mass is 9.68. The topological polar surface area (TPSA) is 29.1 Å². The highest BCUT2D eigenvalue weighted by Crippen LogP contribution is 2.38. The zero-order valence-electron chi connectivity index (χ0n) is 11.4. The highest BCUT2D eigenvalue weighted by atomic mass is 16.1. The molecule has 17 heavy (non-hydrogen) atoms. The van der Waals surface area contributed by atoms with E-state index in [4.69, 9.17) is 0 Å². The van der Waals surface area contributed by atoms with Crippen LogP contribution >= 0.6 is 0 Å². The monoisotopic (exact) mass is 237 g/mol. The van der Waals surface area contributed by atoms with Crippen molar-refractivity contribution in [1.29, 1.82) is 0 Å². The molecule has 1 heterocycles. The standard InChI is InChI=1S/C15H27NO/c1-3-12-6-4-7-13(10-12)14(17)15(2)8-5-9-16-11-15/h12-13,16H,3-11H2,1-2H3. The number of carbonyl (C=O) groups excluding carboxylic acids is 1. The zero-order chi connectivity index (χ0) is 12.3. The first kappa shape index (κ1) is 13.1. The Balaban J connectivity index is 1.98. The first-order valence-electron chi connectivity index (χ1n) is 7.41. The van der Waals surface area contributed by atoms with E-state index in [0.717, 1.165) is 44.7 Å². The molecular formula is C15H27NO. The number of carbonyl (C=O) groups is 1. The van der Waals surface area contributed by atoms with Crippen LogP contribution in [0.25, 0.3) is 0 Å². The summed E-state index contributed by atoms with van der Waals surface area (Å²) in [7, 11) is 0. The molecule has 2 rings (SSSR count). The van der Waals surface area contributed by atoms with E-state index in [2.05, 4.69) is 19.2 Å². The Kier molecular flexibility index (Phi) is 4.24. The molecule has 3 atom stereocenters. The summed E-state index contributed by atoms with van der Waals surface area (Å²) in [5, 5.41) is 3.40. The maximum atomic E-state index is 12.7. The molecule has 0 bridgehead atoms. The van der Waals surface area contributed by atoms with E-state index in [1.807, 2.05) is 0 Å². The summed E-state index contributed by atoms with van der Waals surface area (Å²) in [5.74, 6) is 1.72. The number of hydrogen-bond donors (Lipinski definition) is 1. The second kappa shape index (κ2) is 5.51. The Bertz CT molecular complexity index is 268. The maximum Gasteiger partial charge on any atom is 0.143 e. The van der Waals surface area contributed by atoms with Crippen LogP contribution in [0.4, 0.5) is 0 Å². The molecule has 0 amide bonds. The van der Waals surface area contributed by atoms with Gasteiger partial charge in [0, 0.05) is 17.9 Å². The van der Waals surface area contributed by atoms with Crippen molar-refractivity contribution in [3.8, 4) is 0 Å². The third-order valence-corrected chi connectivity index (χ3v) is 4.92. The Morgan fingerprint density at radius 3 is 2.82 bits per heavy atom. The second-order valence-electron chi connectivity index (χ2n) is 6.34. The molecule has 2 heteroatoms. The number of hydrogen-bond acceptors (Lipinski definition) is 2. The highest BCUT2D eigenvalue weighted by Gasteiger charge is 2.39. The molecule has 0 spiro atoms. The molecule has 1 aliphatic heterocycles. The molecule has 1 saturated heterocycles. The number of Topliss-reactive ketones (excluding diaryl/α,β-unsaturated/α-hetero) is 1. The number of nitrogens with one attached hydrogen (secondary N) is 1. The van der Waals surface area contributed by atoms with E-state index in [0.29, 0.717) is 11.7 Å². The van der Waals surface area contributed by atoms with Gasteiger partial charge in [-0.05, 0) is 38.1 Å². The van der Waals surface area contributed by atoms with Gasteiger partial charge in [-0.25, -0.2) is 0 Å². The molecular weight excluding hydrogens is 210 g/mol. The van der Waals surface area contributed by atoms with E-state index >= 15 is 0 Å². The van der Waals surface area contributed by atoms with Crippen LogP contribution in [0.15, 0.2) is 0 Å². The van der Waals surface area contributed by atoms with Gasteiger partial charge in [0.05, 0.1) is 0 Å². The lowest BCUT2D eigenvalue weighted by molar-refractivity contribution is -0.134. The van der Waals surface area contributed by atoms with Gasteiger partial charge in [-0.2, -0.15) is 0 Å². The normalized spacial score (nSPS) is 38.9. The van der Waals surface area contributed by atoms with E-state index < -0.39 is 0 Å². The van der Waals surface area contributed by atoms with Crippen molar-refractivity contribution in [3.63, 3.8) is 0 Å². The first-order valence-corrected chi connectivity index (χ1v) is 7.41. The van der Waals surface area contributed by atoms with E-state index in [1.165, 1.54) is 19.3 Å². The minimum absolute atomic E-state index is 0.0709. The fourth-order valence-electron chi connectivity index (χ4n) is 3.66. The molecule has 0 aromatic carbocycles. The molecule has 2 nitrogen and oxygen atoms in total. The minimum Gasteiger partial charge on any atom is -0.316 e. The molecule has 3 unspecified atom stereocenters. The summed E-state index contributed by atoms with van der Waals surface area (Å²) >= 11 is 0. The van der Waals surface area contributed by atoms with Crippen LogP contribution in [0, 0.1) is 17.3 Å². The summed E-state index contributed by atoms with van der Waals surface area (Å²) < 4.78 is 0. The van der Waals surface area contributed by atoms with Crippen LogP contribution in [-0.4, -0.2) is 18.9 Å². The van der Waals surface area contributed by atoms with Gasteiger partial charge in [-0.15, -0.1) is 0 Å². The average molecular weight is 237 g/mol. The van der Waals surface area contributed by atoms with Gasteiger partial charge >= 0.3 is 0 Å². The van der Waals surface area contributed by atoms with Crippen molar-refractivity contribution in [1.82, 2.24) is 5.32 Å². The summed E-state index contributed by atoms with van der Waals surface area (Å²) in [6.45, 7) is 6.43. The van der Waals surface area contributed by atoms with E-state index in [-0.39, 0.29) is 5.41 Å². The van der Waals surface area contributed by atoms with Gasteiger partial charge in [0.15, 0.2) is 0 Å². The minimum atomic E-state index is -0.0709. The molecule has 1 saturated carbocycles. The fraction of sp³-hybridized carbons (Fsp3) is 0.933. The molecule has 98 valence electrons. The largest absolute Gasteiger partial charge is 0.316 e. The Morgan fingerprint density at radius 1 is 1.35 bits per heavy atom. The van der Waals surface area contributed by atoms with Crippen molar-refractivity contribution in [2.24, 2.45) is 17.3 Å². The molecule has 2 fully saturated rings. The molecule has 0 radical (unpaired) electrons. The third kappa shape index (κ3) is 2.90. The van der Waals surface area contributed by atoms with Crippen molar-refractivity contribution >= 4 is 5.78 Å². The van der Waals surface area contributed by atoms with Gasteiger partial charge in [-0.3, -0.25) is 4.79 Å². The molecule has 2 aliphatic rings. The van der Waals surface area contributed by atoms with Crippen LogP contribution in [-0.2, 0) is 4.79 Å².